The van der Waals surface area contributed by atoms with Gasteiger partial charge in [-0.15, -0.1) is 0 Å². The van der Waals surface area contributed by atoms with Crippen molar-refractivity contribution < 1.29 is 27.8 Å². The van der Waals surface area contributed by atoms with Crippen LogP contribution in [0.3, 0.4) is 0 Å². The molecule has 1 amide bonds. The third-order valence-electron chi connectivity index (χ3n) is 6.83. The molecule has 0 unspecified atom stereocenters. The van der Waals surface area contributed by atoms with Crippen LogP contribution >= 0.6 is 0 Å². The molecule has 3 aromatic rings. The van der Waals surface area contributed by atoms with Gasteiger partial charge < -0.3 is 24.5 Å². The second-order valence-corrected chi connectivity index (χ2v) is 9.77. The fraction of sp³-hybridized carbons (Fsp3) is 0.571. The second kappa shape index (κ2) is 14.9. The molecule has 11 heteroatoms. The van der Waals surface area contributed by atoms with E-state index in [4.69, 9.17) is 14.2 Å². The van der Waals surface area contributed by atoms with Gasteiger partial charge in [0.05, 0.1) is 44.5 Å². The van der Waals surface area contributed by atoms with Crippen LogP contribution in [0, 0.1) is 17.6 Å². The van der Waals surface area contributed by atoms with Gasteiger partial charge in [0.1, 0.15) is 11.5 Å². The number of ether oxygens (including phenoxy) is 3. The number of rotatable bonds is 15. The summed E-state index contributed by atoms with van der Waals surface area (Å²) in [7, 11) is 0. The number of aromatic amines is 1. The topological polar surface area (TPSA) is 111 Å². The van der Waals surface area contributed by atoms with Crippen LogP contribution in [0.4, 0.5) is 8.78 Å². The smallest absolute Gasteiger partial charge is 0.220 e. The number of carbonyl (C=O) groups excluding carboxylic acids is 1. The maximum absolute atomic E-state index is 14.7. The third kappa shape index (κ3) is 8.74. The average molecular weight is 546 g/mol. The molecule has 1 aliphatic rings. The highest BCUT2D eigenvalue weighted by atomic mass is 19.1. The molecule has 0 aliphatic heterocycles. The Morgan fingerprint density at radius 1 is 1.08 bits per heavy atom. The predicted octanol–water partition coefficient (Wildman–Crippen LogP) is 4.37. The number of pyridine rings is 1. The predicted molar refractivity (Wildman–Crippen MR) is 142 cm³/mol. The van der Waals surface area contributed by atoms with Crippen molar-refractivity contribution in [1.29, 1.82) is 0 Å². The van der Waals surface area contributed by atoms with Crippen molar-refractivity contribution in [3.05, 3.63) is 42.0 Å². The molecule has 2 N–H and O–H groups in total. The molecule has 0 bridgehead atoms. The summed E-state index contributed by atoms with van der Waals surface area (Å²) in [6, 6.07) is 1.42. The van der Waals surface area contributed by atoms with Crippen molar-refractivity contribution in [2.75, 3.05) is 39.6 Å². The Morgan fingerprint density at radius 3 is 2.69 bits per heavy atom. The van der Waals surface area contributed by atoms with Gasteiger partial charge in [0, 0.05) is 42.8 Å². The van der Waals surface area contributed by atoms with E-state index in [-0.39, 0.29) is 17.9 Å². The Kier molecular flexibility index (Phi) is 11.1. The largest absolute Gasteiger partial charge is 0.379 e. The van der Waals surface area contributed by atoms with Crippen LogP contribution in [0.15, 0.2) is 24.7 Å². The fourth-order valence-electron chi connectivity index (χ4n) is 4.94. The van der Waals surface area contributed by atoms with Crippen LogP contribution in [0.2, 0.25) is 0 Å². The van der Waals surface area contributed by atoms with Gasteiger partial charge in [-0.2, -0.15) is 0 Å². The van der Waals surface area contributed by atoms with Crippen molar-refractivity contribution in [1.82, 2.24) is 25.3 Å². The first-order valence-electron chi connectivity index (χ1n) is 13.7. The molecule has 3 aromatic heterocycles. The summed E-state index contributed by atoms with van der Waals surface area (Å²) in [5.41, 5.74) is 1.42. The quantitative estimate of drug-likeness (QED) is 0.273. The Bertz CT molecular complexity index is 1210. The lowest BCUT2D eigenvalue weighted by atomic mass is 9.83. The van der Waals surface area contributed by atoms with Crippen molar-refractivity contribution in [2.45, 2.75) is 57.9 Å². The highest BCUT2D eigenvalue weighted by Crippen LogP contribution is 2.30. The molecule has 39 heavy (non-hydrogen) atoms. The Morgan fingerprint density at radius 2 is 1.87 bits per heavy atom. The summed E-state index contributed by atoms with van der Waals surface area (Å²) >= 11 is 0. The number of nitrogens with one attached hydrogen (secondary N) is 2. The molecule has 1 aliphatic carbocycles. The lowest BCUT2D eigenvalue weighted by Gasteiger charge is -2.29. The SMILES string of the molecule is CCOCCOCCOCCCC(=O)N[C@@H]1CCC[C@H](Cc2nc(-c3c[nH]c4ncc(F)cc34)ncc2F)C1. The van der Waals surface area contributed by atoms with Gasteiger partial charge in [-0.25, -0.2) is 23.7 Å². The van der Waals surface area contributed by atoms with Gasteiger partial charge in [0.15, 0.2) is 11.6 Å². The van der Waals surface area contributed by atoms with E-state index in [2.05, 4.69) is 25.3 Å². The van der Waals surface area contributed by atoms with Gasteiger partial charge >= 0.3 is 0 Å². The number of aromatic nitrogens is 4. The van der Waals surface area contributed by atoms with E-state index in [0.29, 0.717) is 87.0 Å². The molecule has 212 valence electrons. The van der Waals surface area contributed by atoms with E-state index < -0.39 is 11.6 Å². The number of amides is 1. The Hall–Kier alpha value is -3.02. The van der Waals surface area contributed by atoms with Crippen LogP contribution in [-0.2, 0) is 25.4 Å². The van der Waals surface area contributed by atoms with Crippen LogP contribution in [0.5, 0.6) is 0 Å². The average Bonchev–Trinajstić information content (AvgIpc) is 3.34. The van der Waals surface area contributed by atoms with Gasteiger partial charge in [0.25, 0.3) is 0 Å². The van der Waals surface area contributed by atoms with E-state index in [9.17, 15) is 13.6 Å². The first-order valence-corrected chi connectivity index (χ1v) is 13.7. The zero-order valence-electron chi connectivity index (χ0n) is 22.4. The van der Waals surface area contributed by atoms with Crippen LogP contribution < -0.4 is 5.32 Å². The standard InChI is InChI=1S/C28H37F2N5O4/c1-2-37-9-10-39-12-11-38-8-4-7-26(36)34-21-6-3-5-19(13-21)14-25-24(30)18-33-28(35-25)23-17-32-27-22(23)15-20(29)16-31-27/h15-19,21H,2-14H2,1H3,(H,31,32)(H,34,36)/t19-,21+/m0/s1. The highest BCUT2D eigenvalue weighted by Gasteiger charge is 2.25. The number of fused-ring (bicyclic) bond motifs is 1. The number of halogens is 2. The van der Waals surface area contributed by atoms with Crippen molar-refractivity contribution in [3.63, 3.8) is 0 Å². The molecule has 0 spiro atoms. The summed E-state index contributed by atoms with van der Waals surface area (Å²) < 4.78 is 44.5. The molecule has 9 nitrogen and oxygen atoms in total. The van der Waals surface area contributed by atoms with E-state index >= 15 is 0 Å². The van der Waals surface area contributed by atoms with E-state index in [1.54, 1.807) is 6.20 Å². The van der Waals surface area contributed by atoms with Crippen LogP contribution in [0.25, 0.3) is 22.4 Å². The minimum atomic E-state index is -0.466. The third-order valence-corrected chi connectivity index (χ3v) is 6.83. The van der Waals surface area contributed by atoms with Crippen molar-refractivity contribution in [2.24, 2.45) is 5.92 Å². The molecular formula is C28H37F2N5O4. The molecule has 3 heterocycles. The minimum Gasteiger partial charge on any atom is -0.379 e. The van der Waals surface area contributed by atoms with Gasteiger partial charge in [-0.05, 0) is 51.0 Å². The summed E-state index contributed by atoms with van der Waals surface area (Å²) in [5.74, 6) is -0.409. The molecule has 1 saturated carbocycles. The number of carbonyl (C=O) groups is 1. The number of hydrogen-bond acceptors (Lipinski definition) is 7. The van der Waals surface area contributed by atoms with Crippen molar-refractivity contribution in [3.8, 4) is 11.4 Å². The Labute approximate surface area is 227 Å². The van der Waals surface area contributed by atoms with E-state index in [1.807, 2.05) is 6.92 Å². The fourth-order valence-corrected chi connectivity index (χ4v) is 4.94. The normalized spacial score (nSPS) is 17.5. The zero-order chi connectivity index (χ0) is 27.5. The summed E-state index contributed by atoms with van der Waals surface area (Å²) in [6.07, 6.45) is 9.01. The summed E-state index contributed by atoms with van der Waals surface area (Å²) in [5, 5.41) is 3.68. The molecule has 0 radical (unpaired) electrons. The van der Waals surface area contributed by atoms with Crippen LogP contribution in [-0.4, -0.2) is 71.5 Å². The van der Waals surface area contributed by atoms with E-state index in [0.717, 1.165) is 31.9 Å². The number of H-pyrrole nitrogens is 1. The molecule has 2 atom stereocenters. The molecule has 4 rings (SSSR count). The van der Waals surface area contributed by atoms with Gasteiger partial charge in [0.2, 0.25) is 5.91 Å². The monoisotopic (exact) mass is 545 g/mol. The number of nitrogens with zero attached hydrogens (tertiary/aromatic N) is 3. The second-order valence-electron chi connectivity index (χ2n) is 9.77. The van der Waals surface area contributed by atoms with Gasteiger partial charge in [-0.1, -0.05) is 6.42 Å². The van der Waals surface area contributed by atoms with Gasteiger partial charge in [-0.3, -0.25) is 4.79 Å². The zero-order valence-corrected chi connectivity index (χ0v) is 22.4. The first-order chi connectivity index (χ1) is 19.0. The minimum absolute atomic E-state index is 0.00731. The molecule has 1 fully saturated rings. The molecule has 0 saturated heterocycles. The highest BCUT2D eigenvalue weighted by molar-refractivity contribution is 5.91. The molecular weight excluding hydrogens is 508 g/mol. The Balaban J connectivity index is 1.21. The number of hydrogen-bond donors (Lipinski definition) is 2. The lowest BCUT2D eigenvalue weighted by Crippen LogP contribution is -2.38. The maximum atomic E-state index is 14.7. The molecule has 0 aromatic carbocycles. The maximum Gasteiger partial charge on any atom is 0.220 e. The van der Waals surface area contributed by atoms with Crippen molar-refractivity contribution >= 4 is 16.9 Å². The first kappa shape index (κ1) is 29.0. The van der Waals surface area contributed by atoms with Crippen LogP contribution in [0.1, 0.15) is 51.1 Å². The summed E-state index contributed by atoms with van der Waals surface area (Å²) in [4.78, 5) is 28.1. The lowest BCUT2D eigenvalue weighted by molar-refractivity contribution is -0.122. The summed E-state index contributed by atoms with van der Waals surface area (Å²) in [6.45, 7) is 5.26. The van der Waals surface area contributed by atoms with E-state index in [1.165, 1.54) is 12.3 Å².